The van der Waals surface area contributed by atoms with Crippen LogP contribution >= 0.6 is 0 Å². The van der Waals surface area contributed by atoms with Gasteiger partial charge in [-0.1, -0.05) is 13.8 Å². The van der Waals surface area contributed by atoms with E-state index in [9.17, 15) is 13.2 Å². The van der Waals surface area contributed by atoms with Crippen molar-refractivity contribution in [1.82, 2.24) is 9.73 Å². The van der Waals surface area contributed by atoms with Crippen LogP contribution in [0.4, 0.5) is 0 Å². The highest BCUT2D eigenvalue weighted by atomic mass is 32.2. The molecule has 1 saturated heterocycles. The van der Waals surface area contributed by atoms with Gasteiger partial charge in [-0.05, 0) is 43.5 Å². The molecule has 0 aromatic heterocycles. The third kappa shape index (κ3) is 5.40. The zero-order valence-corrected chi connectivity index (χ0v) is 18.3. The fourth-order valence-electron chi connectivity index (χ4n) is 3.21. The molecule has 0 bridgehead atoms. The standard InChI is InChI=1S/C20H32N4O3S/c1-6-15(2)16(3)21-22-20(25)17-7-9-19(10-8-17)28(26,27)24(5)18-11-13-23(4)14-12-18/h7-10,15,18H,6,11-14H2,1-5H3,(H,22,25)/p+1/b21-16-/t15-/m1/s1. The Labute approximate surface area is 168 Å². The Hall–Kier alpha value is -1.77. The molecule has 1 heterocycles. The Morgan fingerprint density at radius 2 is 1.86 bits per heavy atom. The van der Waals surface area contributed by atoms with E-state index in [1.807, 2.05) is 13.8 Å². The number of hydrogen-bond acceptors (Lipinski definition) is 4. The van der Waals surface area contributed by atoms with Gasteiger partial charge in [-0.3, -0.25) is 4.79 Å². The first kappa shape index (κ1) is 22.5. The van der Waals surface area contributed by atoms with E-state index in [0.717, 1.165) is 38.1 Å². The van der Waals surface area contributed by atoms with Gasteiger partial charge in [0.1, 0.15) is 0 Å². The first-order valence-electron chi connectivity index (χ1n) is 9.90. The summed E-state index contributed by atoms with van der Waals surface area (Å²) < 4.78 is 27.3. The molecule has 1 aromatic rings. The molecule has 2 N–H and O–H groups in total. The van der Waals surface area contributed by atoms with E-state index in [-0.39, 0.29) is 16.8 Å². The molecule has 0 spiro atoms. The SMILES string of the molecule is CC[C@@H](C)/C(C)=N\NC(=O)c1ccc(S(=O)(=O)N(C)C2CC[NH+](C)CC2)cc1. The van der Waals surface area contributed by atoms with E-state index in [4.69, 9.17) is 0 Å². The number of nitrogens with zero attached hydrogens (tertiary/aromatic N) is 2. The number of rotatable bonds is 7. The second-order valence-electron chi connectivity index (χ2n) is 7.74. The molecule has 1 atom stereocenters. The van der Waals surface area contributed by atoms with E-state index >= 15 is 0 Å². The molecule has 1 aromatic carbocycles. The van der Waals surface area contributed by atoms with Gasteiger partial charge in [0.05, 0.1) is 25.0 Å². The smallest absolute Gasteiger partial charge is 0.271 e. The van der Waals surface area contributed by atoms with Gasteiger partial charge in [0.15, 0.2) is 0 Å². The van der Waals surface area contributed by atoms with Crippen molar-refractivity contribution >= 4 is 21.6 Å². The molecule has 1 aliphatic heterocycles. The number of nitrogens with one attached hydrogen (secondary N) is 2. The predicted octanol–water partition coefficient (Wildman–Crippen LogP) is 1.14. The zero-order valence-electron chi connectivity index (χ0n) is 17.5. The summed E-state index contributed by atoms with van der Waals surface area (Å²) in [7, 11) is 0.200. The molecule has 1 aliphatic rings. The normalized spacial score (nSPS) is 22.1. The first-order chi connectivity index (χ1) is 13.2. The third-order valence-corrected chi connectivity index (χ3v) is 7.70. The summed E-state index contributed by atoms with van der Waals surface area (Å²) in [6, 6.07) is 6.07. The molecule has 0 radical (unpaired) electrons. The Bertz CT molecular complexity index is 797. The molecule has 28 heavy (non-hydrogen) atoms. The van der Waals surface area contributed by atoms with E-state index in [0.29, 0.717) is 11.5 Å². The summed E-state index contributed by atoms with van der Waals surface area (Å²) in [6.07, 6.45) is 2.66. The summed E-state index contributed by atoms with van der Waals surface area (Å²) in [6.45, 7) is 7.94. The fraction of sp³-hybridized carbons (Fsp3) is 0.600. The largest absolute Gasteiger partial charge is 0.337 e. The highest BCUT2D eigenvalue weighted by Crippen LogP contribution is 2.20. The van der Waals surface area contributed by atoms with Crippen molar-refractivity contribution in [2.45, 2.75) is 51.0 Å². The predicted molar refractivity (Wildman–Crippen MR) is 111 cm³/mol. The molecule has 0 aliphatic carbocycles. The summed E-state index contributed by atoms with van der Waals surface area (Å²) in [4.78, 5) is 13.9. The van der Waals surface area contributed by atoms with Gasteiger partial charge in [0, 0.05) is 37.2 Å². The lowest BCUT2D eigenvalue weighted by Crippen LogP contribution is -3.10. The maximum Gasteiger partial charge on any atom is 0.271 e. The average Bonchev–Trinajstić information content (AvgIpc) is 2.71. The number of carbonyl (C=O) groups excluding carboxylic acids is 1. The molecular weight excluding hydrogens is 376 g/mol. The maximum absolute atomic E-state index is 12.9. The first-order valence-corrected chi connectivity index (χ1v) is 11.3. The molecule has 0 saturated carbocycles. The highest BCUT2D eigenvalue weighted by Gasteiger charge is 2.31. The van der Waals surface area contributed by atoms with Crippen LogP contribution in [0.15, 0.2) is 34.3 Å². The van der Waals surface area contributed by atoms with Crippen LogP contribution in [0.1, 0.15) is 50.4 Å². The Morgan fingerprint density at radius 3 is 2.39 bits per heavy atom. The average molecular weight is 410 g/mol. The fourth-order valence-corrected chi connectivity index (χ4v) is 4.62. The molecule has 156 valence electrons. The van der Waals surface area contributed by atoms with Crippen molar-refractivity contribution in [3.8, 4) is 0 Å². The summed E-state index contributed by atoms with van der Waals surface area (Å²) in [5.41, 5.74) is 3.78. The number of sulfonamides is 1. The second-order valence-corrected chi connectivity index (χ2v) is 9.73. The van der Waals surface area contributed by atoms with Crippen LogP contribution in [0.25, 0.3) is 0 Å². The van der Waals surface area contributed by atoms with Crippen molar-refractivity contribution in [3.05, 3.63) is 29.8 Å². The van der Waals surface area contributed by atoms with Crippen LogP contribution in [0.2, 0.25) is 0 Å². The van der Waals surface area contributed by atoms with Gasteiger partial charge in [-0.2, -0.15) is 9.41 Å². The van der Waals surface area contributed by atoms with Crippen LogP contribution in [0, 0.1) is 5.92 Å². The molecule has 7 nitrogen and oxygen atoms in total. The lowest BCUT2D eigenvalue weighted by Gasteiger charge is -2.32. The number of carbonyl (C=O) groups is 1. The van der Waals surface area contributed by atoms with Gasteiger partial charge in [0.25, 0.3) is 5.91 Å². The topological polar surface area (TPSA) is 83.3 Å². The molecular formula is C20H33N4O3S+. The number of hydrogen-bond donors (Lipinski definition) is 2. The Morgan fingerprint density at radius 1 is 1.29 bits per heavy atom. The van der Waals surface area contributed by atoms with E-state index in [2.05, 4.69) is 24.5 Å². The number of piperidine rings is 1. The van der Waals surface area contributed by atoms with Gasteiger partial charge >= 0.3 is 0 Å². The van der Waals surface area contributed by atoms with Crippen molar-refractivity contribution in [2.24, 2.45) is 11.0 Å². The molecule has 2 rings (SSSR count). The van der Waals surface area contributed by atoms with Crippen molar-refractivity contribution in [2.75, 3.05) is 27.2 Å². The van der Waals surface area contributed by atoms with E-state index in [1.54, 1.807) is 7.05 Å². The molecule has 8 heteroatoms. The summed E-state index contributed by atoms with van der Waals surface area (Å²) in [5.74, 6) is -0.0530. The minimum Gasteiger partial charge on any atom is -0.337 e. The Kier molecular flexibility index (Phi) is 7.74. The minimum absolute atomic E-state index is 0.0227. The van der Waals surface area contributed by atoms with Gasteiger partial charge in [-0.15, -0.1) is 0 Å². The van der Waals surface area contributed by atoms with E-state index < -0.39 is 10.0 Å². The van der Waals surface area contributed by atoms with Crippen molar-refractivity contribution < 1.29 is 18.1 Å². The number of likely N-dealkylation sites (tertiary alicyclic amines) is 1. The van der Waals surface area contributed by atoms with Crippen LogP contribution in [0.3, 0.4) is 0 Å². The third-order valence-electron chi connectivity index (χ3n) is 5.78. The maximum atomic E-state index is 12.9. The molecule has 0 unspecified atom stereocenters. The van der Waals surface area contributed by atoms with Crippen LogP contribution in [0.5, 0.6) is 0 Å². The number of amides is 1. The number of benzene rings is 1. The zero-order chi connectivity index (χ0) is 20.9. The number of hydrazone groups is 1. The van der Waals surface area contributed by atoms with Crippen molar-refractivity contribution in [1.29, 1.82) is 0 Å². The summed E-state index contributed by atoms with van der Waals surface area (Å²) >= 11 is 0. The monoisotopic (exact) mass is 409 g/mol. The van der Waals surface area contributed by atoms with Gasteiger partial charge in [0.2, 0.25) is 10.0 Å². The van der Waals surface area contributed by atoms with Crippen LogP contribution < -0.4 is 10.3 Å². The van der Waals surface area contributed by atoms with E-state index in [1.165, 1.54) is 33.5 Å². The van der Waals surface area contributed by atoms with Crippen LogP contribution in [-0.2, 0) is 10.0 Å². The lowest BCUT2D eigenvalue weighted by atomic mass is 10.1. The van der Waals surface area contributed by atoms with Gasteiger partial charge in [-0.25, -0.2) is 13.8 Å². The molecule has 1 amide bonds. The lowest BCUT2D eigenvalue weighted by molar-refractivity contribution is -0.885. The summed E-state index contributed by atoms with van der Waals surface area (Å²) in [5, 5.41) is 4.13. The molecule has 1 fully saturated rings. The highest BCUT2D eigenvalue weighted by molar-refractivity contribution is 7.89. The van der Waals surface area contributed by atoms with Crippen molar-refractivity contribution in [3.63, 3.8) is 0 Å². The second kappa shape index (κ2) is 9.62. The minimum atomic E-state index is -3.57. The van der Waals surface area contributed by atoms with Gasteiger partial charge < -0.3 is 4.90 Å². The number of quaternary nitrogens is 1. The quantitative estimate of drug-likeness (QED) is 0.523. The van der Waals surface area contributed by atoms with Crippen LogP contribution in [-0.4, -0.2) is 57.6 Å². The Balaban J connectivity index is 2.07.